The van der Waals surface area contributed by atoms with Gasteiger partial charge in [0, 0.05) is 17.4 Å². The van der Waals surface area contributed by atoms with Crippen molar-refractivity contribution in [2.45, 2.75) is 21.5 Å². The zero-order chi connectivity index (χ0) is 48.5. The molecule has 0 bridgehead atoms. The summed E-state index contributed by atoms with van der Waals surface area (Å²) in [7, 11) is 6.63. The lowest BCUT2D eigenvalue weighted by Crippen LogP contribution is -2.38. The van der Waals surface area contributed by atoms with Crippen LogP contribution in [0.25, 0.3) is 11.1 Å². The molecule has 0 saturated heterocycles. The van der Waals surface area contributed by atoms with E-state index in [2.05, 4.69) is 97.1 Å². The SMILES string of the molecule is COc1ccc(C(SCC(O)C(CSC(c2ccccc2)(c2ccc(OC)cc2)c2ccc(OC)cc2)C(=O)OCC2c3ccccc3-c3ccccc32)(c2ccccc2)c2ccc(OC)cc2)cc1. The van der Waals surface area contributed by atoms with E-state index in [9.17, 15) is 5.11 Å². The number of carbonyl (C=O) groups excluding carboxylic acids is 1. The van der Waals surface area contributed by atoms with E-state index in [0.717, 1.165) is 78.6 Å². The van der Waals surface area contributed by atoms with E-state index in [1.807, 2.05) is 109 Å². The maximum atomic E-state index is 15.3. The fourth-order valence-corrected chi connectivity index (χ4v) is 13.0. The number of hydrogen-bond donors (Lipinski definition) is 1. The predicted octanol–water partition coefficient (Wildman–Crippen LogP) is 12.8. The molecule has 0 aliphatic heterocycles. The lowest BCUT2D eigenvalue weighted by atomic mass is 9.84. The molecule has 70 heavy (non-hydrogen) atoms. The van der Waals surface area contributed by atoms with Gasteiger partial charge in [-0.3, -0.25) is 4.79 Å². The third-order valence-corrected chi connectivity index (χ3v) is 16.7. The molecule has 1 N–H and O–H groups in total. The van der Waals surface area contributed by atoms with Gasteiger partial charge in [0.05, 0.1) is 50.0 Å². The summed E-state index contributed by atoms with van der Waals surface area (Å²) in [5, 5.41) is 13.0. The van der Waals surface area contributed by atoms with Crippen LogP contribution in [0.5, 0.6) is 23.0 Å². The Morgan fingerprint density at radius 1 is 0.443 bits per heavy atom. The van der Waals surface area contributed by atoms with E-state index in [4.69, 9.17) is 23.7 Å². The highest BCUT2D eigenvalue weighted by Gasteiger charge is 2.43. The van der Waals surface area contributed by atoms with E-state index in [0.29, 0.717) is 0 Å². The molecular weight excluding hydrogens is 909 g/mol. The third-order valence-electron chi connectivity index (χ3n) is 13.4. The zero-order valence-electron chi connectivity index (χ0n) is 39.7. The van der Waals surface area contributed by atoms with Gasteiger partial charge in [-0.25, -0.2) is 0 Å². The molecule has 9 heteroatoms. The molecular formula is C61H56O7S2. The van der Waals surface area contributed by atoms with Gasteiger partial charge in [-0.2, -0.15) is 0 Å². The Bertz CT molecular complexity index is 2820. The lowest BCUT2D eigenvalue weighted by molar-refractivity contribution is -0.151. The normalized spacial score (nSPS) is 13.1. The lowest BCUT2D eigenvalue weighted by Gasteiger charge is -2.38. The van der Waals surface area contributed by atoms with E-state index >= 15 is 4.79 Å². The Kier molecular flexibility index (Phi) is 15.0. The van der Waals surface area contributed by atoms with Crippen LogP contribution in [0.2, 0.25) is 0 Å². The summed E-state index contributed by atoms with van der Waals surface area (Å²) in [4.78, 5) is 15.3. The molecule has 354 valence electrons. The van der Waals surface area contributed by atoms with Gasteiger partial charge >= 0.3 is 5.97 Å². The van der Waals surface area contributed by atoms with Crippen LogP contribution in [0.4, 0.5) is 0 Å². The molecule has 0 heterocycles. The second kappa shape index (κ2) is 21.8. The van der Waals surface area contributed by atoms with Gasteiger partial charge in [-0.15, -0.1) is 23.5 Å². The van der Waals surface area contributed by atoms with Crippen molar-refractivity contribution in [1.29, 1.82) is 0 Å². The highest BCUT2D eigenvalue weighted by atomic mass is 32.2. The van der Waals surface area contributed by atoms with Gasteiger partial charge in [0.15, 0.2) is 0 Å². The van der Waals surface area contributed by atoms with Gasteiger partial charge in [-0.1, -0.05) is 158 Å². The number of thioether (sulfide) groups is 2. The quantitative estimate of drug-likeness (QED) is 0.0593. The summed E-state index contributed by atoms with van der Waals surface area (Å²) < 4.78 is 27.4. The topological polar surface area (TPSA) is 83.5 Å². The third kappa shape index (κ3) is 9.54. The summed E-state index contributed by atoms with van der Waals surface area (Å²) in [6.07, 6.45) is -1.16. The predicted molar refractivity (Wildman–Crippen MR) is 284 cm³/mol. The standard InChI is InChI=1S/C61H56O7S2/c1-64-48-31-23-44(24-32-48)60(42-15-7-5-8-16-42,45-25-33-49(65-2)34-26-45)69-40-57(59(63)68-39-56-54-21-13-11-19-52(54)53-20-12-14-22-55(53)56)58(62)41-70-61(43-17-9-6-10-18-43,46-27-35-50(66-3)36-28-46)47-29-37-51(67-4)38-30-47/h5-38,56-58,62H,39-41H2,1-4H3. The Balaban J connectivity index is 1.14. The molecule has 7 nitrogen and oxygen atoms in total. The zero-order valence-corrected chi connectivity index (χ0v) is 41.3. The number of hydrogen-bond acceptors (Lipinski definition) is 9. The molecule has 1 aliphatic rings. The first-order valence-electron chi connectivity index (χ1n) is 23.3. The minimum Gasteiger partial charge on any atom is -0.497 e. The van der Waals surface area contributed by atoms with Crippen LogP contribution in [0, 0.1) is 5.92 Å². The Morgan fingerprint density at radius 3 is 1.11 bits per heavy atom. The molecule has 1 aliphatic carbocycles. The molecule has 8 aromatic rings. The number of rotatable bonds is 20. The van der Waals surface area contributed by atoms with Crippen LogP contribution < -0.4 is 18.9 Å². The molecule has 0 spiro atoms. The number of carbonyl (C=O) groups is 1. The fourth-order valence-electron chi connectivity index (χ4n) is 9.74. The number of aliphatic hydroxyl groups excluding tert-OH is 1. The van der Waals surface area contributed by atoms with E-state index < -0.39 is 27.5 Å². The Hall–Kier alpha value is -6.91. The van der Waals surface area contributed by atoms with Crippen molar-refractivity contribution < 1.29 is 33.6 Å². The van der Waals surface area contributed by atoms with Gasteiger partial charge < -0.3 is 28.8 Å². The van der Waals surface area contributed by atoms with Crippen molar-refractivity contribution in [1.82, 2.24) is 0 Å². The number of fused-ring (bicyclic) bond motifs is 3. The first-order chi connectivity index (χ1) is 34.3. The summed E-state index contributed by atoms with van der Waals surface area (Å²) in [6.45, 7) is 0.125. The van der Waals surface area contributed by atoms with E-state index in [1.54, 1.807) is 52.0 Å². The summed E-state index contributed by atoms with van der Waals surface area (Å²) in [5.41, 5.74) is 10.5. The molecule has 2 unspecified atom stereocenters. The van der Waals surface area contributed by atoms with Gasteiger partial charge in [0.1, 0.15) is 29.6 Å². The first-order valence-corrected chi connectivity index (χ1v) is 25.3. The minimum absolute atomic E-state index is 0.125. The maximum Gasteiger partial charge on any atom is 0.312 e. The average molecular weight is 965 g/mol. The molecule has 9 rings (SSSR count). The molecule has 0 amide bonds. The van der Waals surface area contributed by atoms with Gasteiger partial charge in [0.25, 0.3) is 0 Å². The van der Waals surface area contributed by atoms with Crippen LogP contribution in [-0.4, -0.2) is 63.7 Å². The van der Waals surface area contributed by atoms with Crippen molar-refractivity contribution in [2.24, 2.45) is 5.92 Å². The Labute approximate surface area is 419 Å². The van der Waals surface area contributed by atoms with Crippen LogP contribution in [0.3, 0.4) is 0 Å². The van der Waals surface area contributed by atoms with Crippen molar-refractivity contribution in [3.05, 3.63) is 251 Å². The largest absolute Gasteiger partial charge is 0.497 e. The molecule has 0 saturated carbocycles. The smallest absolute Gasteiger partial charge is 0.312 e. The van der Waals surface area contributed by atoms with Crippen molar-refractivity contribution in [3.8, 4) is 34.1 Å². The number of esters is 1. The first kappa shape index (κ1) is 48.1. The number of benzene rings is 8. The van der Waals surface area contributed by atoms with Crippen LogP contribution in [-0.2, 0) is 19.0 Å². The summed E-state index contributed by atoms with van der Waals surface area (Å²) >= 11 is 3.19. The highest BCUT2D eigenvalue weighted by Crippen LogP contribution is 2.53. The fraction of sp³-hybridized carbons (Fsp3) is 0.197. The van der Waals surface area contributed by atoms with Gasteiger partial charge in [0.2, 0.25) is 0 Å². The Morgan fingerprint density at radius 2 is 0.757 bits per heavy atom. The molecule has 8 aromatic carbocycles. The molecule has 2 atom stereocenters. The van der Waals surface area contributed by atoms with Crippen molar-refractivity contribution in [3.63, 3.8) is 0 Å². The minimum atomic E-state index is -1.16. The molecule has 0 fully saturated rings. The van der Waals surface area contributed by atoms with Crippen molar-refractivity contribution >= 4 is 29.5 Å². The van der Waals surface area contributed by atoms with E-state index in [1.165, 1.54) is 0 Å². The average Bonchev–Trinajstić information content (AvgIpc) is 3.75. The highest BCUT2D eigenvalue weighted by molar-refractivity contribution is 8.01. The monoisotopic (exact) mass is 964 g/mol. The summed E-state index contributed by atoms with van der Waals surface area (Å²) in [6, 6.07) is 69.6. The van der Waals surface area contributed by atoms with Crippen molar-refractivity contribution in [2.75, 3.05) is 46.6 Å². The summed E-state index contributed by atoms with van der Waals surface area (Å²) in [5.74, 6) is 1.70. The number of ether oxygens (including phenoxy) is 5. The van der Waals surface area contributed by atoms with Crippen LogP contribution in [0.1, 0.15) is 50.4 Å². The maximum absolute atomic E-state index is 15.3. The van der Waals surface area contributed by atoms with Crippen LogP contribution >= 0.6 is 23.5 Å². The second-order valence-corrected chi connectivity index (χ2v) is 19.6. The second-order valence-electron chi connectivity index (χ2n) is 17.2. The van der Waals surface area contributed by atoms with E-state index in [-0.39, 0.29) is 24.0 Å². The van der Waals surface area contributed by atoms with Gasteiger partial charge in [-0.05, 0) is 104 Å². The number of aliphatic hydroxyl groups is 1. The number of methoxy groups -OCH3 is 4. The molecule has 0 radical (unpaired) electrons. The van der Waals surface area contributed by atoms with Crippen LogP contribution in [0.15, 0.2) is 206 Å². The molecule has 0 aromatic heterocycles.